The molecule has 2 heterocycles. The van der Waals surface area contributed by atoms with E-state index in [0.717, 1.165) is 36.9 Å². The first-order valence-corrected chi connectivity index (χ1v) is 9.50. The zero-order valence-electron chi connectivity index (χ0n) is 15.3. The quantitative estimate of drug-likeness (QED) is 0.650. The highest BCUT2D eigenvalue weighted by molar-refractivity contribution is 5.92. The lowest BCUT2D eigenvalue weighted by atomic mass is 10.0. The molecule has 0 aliphatic carbocycles. The Morgan fingerprint density at radius 2 is 2.11 bits per heavy atom. The topological polar surface area (TPSA) is 85.0 Å². The van der Waals surface area contributed by atoms with E-state index in [-0.39, 0.29) is 11.9 Å². The van der Waals surface area contributed by atoms with Gasteiger partial charge in [-0.3, -0.25) is 9.48 Å². The van der Waals surface area contributed by atoms with Gasteiger partial charge in [0.05, 0.1) is 12.1 Å². The highest BCUT2D eigenvalue weighted by Crippen LogP contribution is 2.21. The van der Waals surface area contributed by atoms with Gasteiger partial charge >= 0.3 is 0 Å². The lowest BCUT2D eigenvalue weighted by molar-refractivity contribution is 0.0931. The standard InChI is InChI=1S/C21H25N5O/c22-13-20(17-8-7-15-4-1-2-5-16(15)12-17)24-21(27)19-9-11-26(25-19)18-6-3-10-23-14-18/h1-2,4-5,7-9,11-12,18,20,23H,3,6,10,13-14,22H2,(H,24,27). The van der Waals surface area contributed by atoms with Crippen LogP contribution >= 0.6 is 0 Å². The highest BCUT2D eigenvalue weighted by atomic mass is 16.2. The van der Waals surface area contributed by atoms with E-state index < -0.39 is 0 Å². The molecular formula is C21H25N5O. The van der Waals surface area contributed by atoms with Crippen LogP contribution in [0, 0.1) is 0 Å². The lowest BCUT2D eigenvalue weighted by Gasteiger charge is -2.23. The van der Waals surface area contributed by atoms with Gasteiger partial charge in [0.25, 0.3) is 5.91 Å². The Morgan fingerprint density at radius 1 is 1.26 bits per heavy atom. The largest absolute Gasteiger partial charge is 0.343 e. The number of hydrogen-bond acceptors (Lipinski definition) is 4. The number of nitrogens with zero attached hydrogens (tertiary/aromatic N) is 2. The fourth-order valence-corrected chi connectivity index (χ4v) is 3.66. The van der Waals surface area contributed by atoms with Crippen LogP contribution in [-0.2, 0) is 0 Å². The molecule has 4 rings (SSSR count). The zero-order chi connectivity index (χ0) is 18.6. The first kappa shape index (κ1) is 17.7. The van der Waals surface area contributed by atoms with Crippen molar-refractivity contribution >= 4 is 16.7 Å². The van der Waals surface area contributed by atoms with Crippen LogP contribution in [0.4, 0.5) is 0 Å². The van der Waals surface area contributed by atoms with Crippen molar-refractivity contribution in [3.05, 3.63) is 66.0 Å². The molecule has 27 heavy (non-hydrogen) atoms. The van der Waals surface area contributed by atoms with Crippen molar-refractivity contribution in [1.82, 2.24) is 20.4 Å². The van der Waals surface area contributed by atoms with Gasteiger partial charge in [-0.15, -0.1) is 0 Å². The molecule has 2 unspecified atom stereocenters. The predicted molar refractivity (Wildman–Crippen MR) is 107 cm³/mol. The molecule has 3 aromatic rings. The van der Waals surface area contributed by atoms with Gasteiger partial charge in [-0.05, 0) is 47.9 Å². The van der Waals surface area contributed by atoms with Gasteiger partial charge in [-0.1, -0.05) is 36.4 Å². The summed E-state index contributed by atoms with van der Waals surface area (Å²) in [4.78, 5) is 12.7. The third-order valence-corrected chi connectivity index (χ3v) is 5.20. The van der Waals surface area contributed by atoms with Gasteiger partial charge < -0.3 is 16.4 Å². The molecule has 4 N–H and O–H groups in total. The maximum Gasteiger partial charge on any atom is 0.272 e. The Labute approximate surface area is 158 Å². The normalized spacial score (nSPS) is 18.3. The monoisotopic (exact) mass is 363 g/mol. The number of nitrogens with one attached hydrogen (secondary N) is 2. The van der Waals surface area contributed by atoms with Gasteiger partial charge in [0.1, 0.15) is 5.69 Å². The van der Waals surface area contributed by atoms with Gasteiger partial charge in [-0.2, -0.15) is 5.10 Å². The number of carbonyl (C=O) groups excluding carboxylic acids is 1. The first-order valence-electron chi connectivity index (χ1n) is 9.50. The van der Waals surface area contributed by atoms with E-state index in [1.54, 1.807) is 6.07 Å². The van der Waals surface area contributed by atoms with E-state index in [0.29, 0.717) is 18.3 Å². The Kier molecular flexibility index (Phi) is 5.18. The number of nitrogens with two attached hydrogens (primary N) is 1. The second-order valence-electron chi connectivity index (χ2n) is 7.05. The molecule has 1 saturated heterocycles. The van der Waals surface area contributed by atoms with Crippen LogP contribution in [-0.4, -0.2) is 35.3 Å². The molecule has 6 heteroatoms. The maximum atomic E-state index is 12.7. The molecule has 0 bridgehead atoms. The van der Waals surface area contributed by atoms with E-state index in [1.807, 2.05) is 29.1 Å². The third-order valence-electron chi connectivity index (χ3n) is 5.20. The van der Waals surface area contributed by atoms with Crippen LogP contribution in [0.3, 0.4) is 0 Å². The molecule has 140 valence electrons. The van der Waals surface area contributed by atoms with E-state index >= 15 is 0 Å². The van der Waals surface area contributed by atoms with Crippen molar-refractivity contribution in [2.75, 3.05) is 19.6 Å². The molecule has 1 fully saturated rings. The summed E-state index contributed by atoms with van der Waals surface area (Å²) in [6.45, 7) is 2.28. The fraction of sp³-hybridized carbons (Fsp3) is 0.333. The van der Waals surface area contributed by atoms with Gasteiger partial charge in [0.15, 0.2) is 0 Å². The lowest BCUT2D eigenvalue weighted by Crippen LogP contribution is -2.34. The molecule has 0 saturated carbocycles. The first-order chi connectivity index (χ1) is 13.2. The second-order valence-corrected chi connectivity index (χ2v) is 7.05. The highest BCUT2D eigenvalue weighted by Gasteiger charge is 2.20. The zero-order valence-corrected chi connectivity index (χ0v) is 15.3. The van der Waals surface area contributed by atoms with E-state index in [2.05, 4.69) is 40.0 Å². The number of carbonyl (C=O) groups is 1. The van der Waals surface area contributed by atoms with Crippen LogP contribution < -0.4 is 16.4 Å². The van der Waals surface area contributed by atoms with Crippen molar-refractivity contribution in [1.29, 1.82) is 0 Å². The average molecular weight is 363 g/mol. The summed E-state index contributed by atoms with van der Waals surface area (Å²) in [6, 6.07) is 16.2. The molecule has 1 amide bonds. The SMILES string of the molecule is NCC(NC(=O)c1ccn(C2CCCNC2)n1)c1ccc2ccccc2c1. The summed E-state index contributed by atoms with van der Waals surface area (Å²) < 4.78 is 1.90. The second kappa shape index (κ2) is 7.90. The van der Waals surface area contributed by atoms with Gasteiger partial charge in [-0.25, -0.2) is 0 Å². The predicted octanol–water partition coefficient (Wildman–Crippen LogP) is 2.39. The molecular weight excluding hydrogens is 338 g/mol. The summed E-state index contributed by atoms with van der Waals surface area (Å²) in [5, 5.41) is 13.2. The number of rotatable bonds is 5. The minimum atomic E-state index is -0.247. The van der Waals surface area contributed by atoms with Crippen LogP contribution in [0.1, 0.15) is 41.0 Å². The Bertz CT molecular complexity index is 929. The molecule has 2 atom stereocenters. The summed E-state index contributed by atoms with van der Waals surface area (Å²) in [5.74, 6) is -0.193. The van der Waals surface area contributed by atoms with Crippen LogP contribution in [0.5, 0.6) is 0 Å². The number of benzene rings is 2. The van der Waals surface area contributed by atoms with E-state index in [1.165, 1.54) is 5.39 Å². The van der Waals surface area contributed by atoms with Crippen LogP contribution in [0.25, 0.3) is 10.8 Å². The van der Waals surface area contributed by atoms with Crippen LogP contribution in [0.15, 0.2) is 54.7 Å². The van der Waals surface area contributed by atoms with Crippen molar-refractivity contribution in [3.8, 4) is 0 Å². The smallest absolute Gasteiger partial charge is 0.272 e. The number of piperidine rings is 1. The summed E-state index contributed by atoms with van der Waals surface area (Å²) >= 11 is 0. The number of fused-ring (bicyclic) bond motifs is 1. The number of hydrogen-bond donors (Lipinski definition) is 3. The average Bonchev–Trinajstić information content (AvgIpc) is 3.22. The van der Waals surface area contributed by atoms with Crippen molar-refractivity contribution < 1.29 is 4.79 Å². The summed E-state index contributed by atoms with van der Waals surface area (Å²) in [7, 11) is 0. The minimum Gasteiger partial charge on any atom is -0.343 e. The van der Waals surface area contributed by atoms with Gasteiger partial charge in [0, 0.05) is 19.3 Å². The molecule has 6 nitrogen and oxygen atoms in total. The maximum absolute atomic E-state index is 12.7. The summed E-state index contributed by atoms with van der Waals surface area (Å²) in [6.07, 6.45) is 4.10. The van der Waals surface area contributed by atoms with E-state index in [9.17, 15) is 4.79 Å². The number of amides is 1. The van der Waals surface area contributed by atoms with Crippen LogP contribution in [0.2, 0.25) is 0 Å². The van der Waals surface area contributed by atoms with Crippen molar-refractivity contribution in [3.63, 3.8) is 0 Å². The molecule has 2 aromatic carbocycles. The third kappa shape index (κ3) is 3.86. The molecule has 1 aliphatic rings. The molecule has 0 radical (unpaired) electrons. The fourth-order valence-electron chi connectivity index (χ4n) is 3.66. The van der Waals surface area contributed by atoms with E-state index in [4.69, 9.17) is 5.73 Å². The molecule has 1 aliphatic heterocycles. The molecule has 0 spiro atoms. The molecule has 1 aromatic heterocycles. The Hall–Kier alpha value is -2.70. The minimum absolute atomic E-state index is 0.193. The Morgan fingerprint density at radius 3 is 2.89 bits per heavy atom. The van der Waals surface area contributed by atoms with Gasteiger partial charge in [0.2, 0.25) is 0 Å². The number of aromatic nitrogens is 2. The van der Waals surface area contributed by atoms with Crippen molar-refractivity contribution in [2.24, 2.45) is 5.73 Å². The Balaban J connectivity index is 1.49. The van der Waals surface area contributed by atoms with Crippen molar-refractivity contribution in [2.45, 2.75) is 24.9 Å². The summed E-state index contributed by atoms with van der Waals surface area (Å²) in [5.41, 5.74) is 7.38.